The highest BCUT2D eigenvalue weighted by molar-refractivity contribution is 7.92. The fourth-order valence-corrected chi connectivity index (χ4v) is 4.00. The minimum atomic E-state index is -3.71. The van der Waals surface area contributed by atoms with Crippen LogP contribution in [0.3, 0.4) is 0 Å². The Balaban J connectivity index is 1.96. The second-order valence-corrected chi connectivity index (χ2v) is 8.96. The van der Waals surface area contributed by atoms with Gasteiger partial charge in [0.25, 0.3) is 10.0 Å². The molecule has 2 rings (SSSR count). The summed E-state index contributed by atoms with van der Waals surface area (Å²) in [6.45, 7) is 6.19. The van der Waals surface area contributed by atoms with Crippen LogP contribution in [0, 0.1) is 12.8 Å². The second kappa shape index (κ2) is 8.00. The molecule has 0 atom stereocenters. The first-order valence-electron chi connectivity index (χ1n) is 7.49. The summed E-state index contributed by atoms with van der Waals surface area (Å²) in [4.78, 5) is 0.159. The molecule has 24 heavy (non-hydrogen) atoms. The number of hydrogen-bond donors (Lipinski definition) is 2. The summed E-state index contributed by atoms with van der Waals surface area (Å²) >= 11 is 6.43. The molecule has 1 aromatic carbocycles. The van der Waals surface area contributed by atoms with E-state index in [4.69, 9.17) is 12.2 Å². The summed E-state index contributed by atoms with van der Waals surface area (Å²) in [5, 5.41) is 12.2. The number of rotatable bonds is 6. The van der Waals surface area contributed by atoms with Gasteiger partial charge in [0.1, 0.15) is 5.01 Å². The molecule has 0 aliphatic rings. The van der Waals surface area contributed by atoms with E-state index in [0.717, 1.165) is 23.4 Å². The first-order chi connectivity index (χ1) is 11.3. The molecule has 0 saturated carbocycles. The molecule has 0 spiro atoms. The summed E-state index contributed by atoms with van der Waals surface area (Å²) < 4.78 is 26.8. The van der Waals surface area contributed by atoms with E-state index in [-0.39, 0.29) is 10.0 Å². The summed E-state index contributed by atoms with van der Waals surface area (Å²) in [5.41, 5.74) is 0.984. The Morgan fingerprint density at radius 1 is 1.25 bits per heavy atom. The van der Waals surface area contributed by atoms with Crippen LogP contribution in [0.15, 0.2) is 29.2 Å². The van der Waals surface area contributed by atoms with Gasteiger partial charge in [0.2, 0.25) is 5.13 Å². The van der Waals surface area contributed by atoms with Crippen molar-refractivity contribution in [2.75, 3.05) is 5.32 Å². The third-order valence-electron chi connectivity index (χ3n) is 3.18. The number of thiocarbonyl (C=S) groups is 1. The Bertz CT molecular complexity index is 798. The third kappa shape index (κ3) is 5.50. The van der Waals surface area contributed by atoms with E-state index in [0.29, 0.717) is 11.0 Å². The molecule has 2 N–H and O–H groups in total. The van der Waals surface area contributed by atoms with Gasteiger partial charge in [-0.15, -0.1) is 10.2 Å². The summed E-state index contributed by atoms with van der Waals surface area (Å²) in [6, 6.07) is 6.54. The molecular weight excluding hydrogens is 364 g/mol. The second-order valence-electron chi connectivity index (χ2n) is 5.81. The average molecular weight is 385 g/mol. The van der Waals surface area contributed by atoms with Gasteiger partial charge in [-0.3, -0.25) is 4.72 Å². The summed E-state index contributed by atoms with van der Waals surface area (Å²) in [6.07, 6.45) is 1.87. The lowest BCUT2D eigenvalue weighted by molar-refractivity contribution is 0.584. The number of anilines is 1. The first-order valence-corrected chi connectivity index (χ1v) is 10.2. The standard InChI is InChI=1S/C15H20N4O2S3/c1-10(2)4-9-13-17-18-15(23-13)16-14(22)19-24(20,21)12-7-5-11(3)6-8-12/h5-8,10H,4,9H2,1-3H3,(H2,16,18,19,22). The summed E-state index contributed by atoms with van der Waals surface area (Å²) in [5.74, 6) is 0.590. The quantitative estimate of drug-likeness (QED) is 0.745. The van der Waals surface area contributed by atoms with Gasteiger partial charge in [-0.2, -0.15) is 0 Å². The van der Waals surface area contributed by atoms with Gasteiger partial charge in [-0.05, 0) is 43.6 Å². The third-order valence-corrected chi connectivity index (χ3v) is 5.78. The molecule has 0 aliphatic heterocycles. The fourth-order valence-electron chi connectivity index (χ4n) is 1.84. The van der Waals surface area contributed by atoms with E-state index in [2.05, 4.69) is 34.1 Å². The molecular formula is C15H20N4O2S3. The van der Waals surface area contributed by atoms with Crippen molar-refractivity contribution in [1.82, 2.24) is 14.9 Å². The van der Waals surface area contributed by atoms with Crippen LogP contribution in [0.1, 0.15) is 30.8 Å². The zero-order valence-electron chi connectivity index (χ0n) is 13.7. The Hall–Kier alpha value is -1.58. The van der Waals surface area contributed by atoms with E-state index >= 15 is 0 Å². The van der Waals surface area contributed by atoms with Crippen molar-refractivity contribution in [3.05, 3.63) is 34.8 Å². The van der Waals surface area contributed by atoms with Gasteiger partial charge in [0.15, 0.2) is 5.11 Å². The van der Waals surface area contributed by atoms with Crippen LogP contribution in [0.4, 0.5) is 5.13 Å². The average Bonchev–Trinajstić information content (AvgIpc) is 2.92. The van der Waals surface area contributed by atoms with Crippen LogP contribution in [0.5, 0.6) is 0 Å². The highest BCUT2D eigenvalue weighted by atomic mass is 32.2. The van der Waals surface area contributed by atoms with Crippen LogP contribution < -0.4 is 10.0 Å². The minimum Gasteiger partial charge on any atom is -0.306 e. The molecule has 0 fully saturated rings. The smallest absolute Gasteiger partial charge is 0.263 e. The maximum atomic E-state index is 12.3. The molecule has 1 aromatic heterocycles. The molecule has 9 heteroatoms. The molecule has 0 radical (unpaired) electrons. The topological polar surface area (TPSA) is 84.0 Å². The maximum absolute atomic E-state index is 12.3. The zero-order valence-corrected chi connectivity index (χ0v) is 16.2. The molecule has 0 saturated heterocycles. The lowest BCUT2D eigenvalue weighted by Gasteiger charge is -2.09. The first kappa shape index (κ1) is 18.8. The van der Waals surface area contributed by atoms with Crippen molar-refractivity contribution in [2.24, 2.45) is 5.92 Å². The van der Waals surface area contributed by atoms with Crippen molar-refractivity contribution in [2.45, 2.75) is 38.5 Å². The molecule has 2 aromatic rings. The number of aryl methyl sites for hydroxylation is 2. The van der Waals surface area contributed by atoms with E-state index in [1.807, 2.05) is 6.92 Å². The monoisotopic (exact) mass is 384 g/mol. The Morgan fingerprint density at radius 2 is 1.92 bits per heavy atom. The van der Waals surface area contributed by atoms with Gasteiger partial charge in [-0.25, -0.2) is 8.42 Å². The van der Waals surface area contributed by atoms with Gasteiger partial charge < -0.3 is 5.32 Å². The van der Waals surface area contributed by atoms with Crippen LogP contribution in [-0.2, 0) is 16.4 Å². The van der Waals surface area contributed by atoms with Crippen LogP contribution in [-0.4, -0.2) is 23.7 Å². The van der Waals surface area contributed by atoms with E-state index in [1.165, 1.54) is 23.5 Å². The van der Waals surface area contributed by atoms with Gasteiger partial charge in [-0.1, -0.05) is 42.9 Å². The van der Waals surface area contributed by atoms with Crippen molar-refractivity contribution in [3.63, 3.8) is 0 Å². The molecule has 130 valence electrons. The van der Waals surface area contributed by atoms with Gasteiger partial charge in [0, 0.05) is 6.42 Å². The molecule has 6 nitrogen and oxygen atoms in total. The highest BCUT2D eigenvalue weighted by Gasteiger charge is 2.16. The summed E-state index contributed by atoms with van der Waals surface area (Å²) in [7, 11) is -3.71. The molecule has 0 amide bonds. The number of benzene rings is 1. The van der Waals surface area contributed by atoms with Crippen LogP contribution in [0.25, 0.3) is 0 Å². The fraction of sp³-hybridized carbons (Fsp3) is 0.400. The molecule has 1 heterocycles. The van der Waals surface area contributed by atoms with E-state index in [1.54, 1.807) is 12.1 Å². The number of nitrogens with zero attached hydrogens (tertiary/aromatic N) is 2. The van der Waals surface area contributed by atoms with Crippen molar-refractivity contribution >= 4 is 43.8 Å². The van der Waals surface area contributed by atoms with Crippen molar-refractivity contribution < 1.29 is 8.42 Å². The number of nitrogens with one attached hydrogen (secondary N) is 2. The Morgan fingerprint density at radius 3 is 2.54 bits per heavy atom. The predicted octanol–water partition coefficient (Wildman–Crippen LogP) is 3.11. The van der Waals surface area contributed by atoms with E-state index < -0.39 is 10.0 Å². The van der Waals surface area contributed by atoms with Crippen LogP contribution >= 0.6 is 23.6 Å². The van der Waals surface area contributed by atoms with Gasteiger partial charge in [0.05, 0.1) is 4.90 Å². The lowest BCUT2D eigenvalue weighted by atomic mass is 10.1. The highest BCUT2D eigenvalue weighted by Crippen LogP contribution is 2.18. The molecule has 0 unspecified atom stereocenters. The molecule has 0 bridgehead atoms. The zero-order chi connectivity index (χ0) is 17.7. The Kier molecular flexibility index (Phi) is 6.25. The number of hydrogen-bond acceptors (Lipinski definition) is 6. The van der Waals surface area contributed by atoms with Gasteiger partial charge >= 0.3 is 0 Å². The molecule has 0 aliphatic carbocycles. The number of sulfonamides is 1. The van der Waals surface area contributed by atoms with E-state index in [9.17, 15) is 8.42 Å². The number of aromatic nitrogens is 2. The largest absolute Gasteiger partial charge is 0.306 e. The lowest BCUT2D eigenvalue weighted by Crippen LogP contribution is -2.34. The normalized spacial score (nSPS) is 11.5. The predicted molar refractivity (Wildman–Crippen MR) is 101 cm³/mol. The Labute approximate surface area is 151 Å². The maximum Gasteiger partial charge on any atom is 0.263 e. The van der Waals surface area contributed by atoms with Crippen molar-refractivity contribution in [1.29, 1.82) is 0 Å². The van der Waals surface area contributed by atoms with Crippen LogP contribution in [0.2, 0.25) is 0 Å². The minimum absolute atomic E-state index is 0.0258. The SMILES string of the molecule is Cc1ccc(S(=O)(=O)NC(=S)Nc2nnc(CCC(C)C)s2)cc1. The van der Waals surface area contributed by atoms with Crippen molar-refractivity contribution in [3.8, 4) is 0 Å².